The van der Waals surface area contributed by atoms with Crippen molar-refractivity contribution in [1.29, 1.82) is 0 Å². The molecular weight excluding hydrogens is 246 g/mol. The van der Waals surface area contributed by atoms with Crippen molar-refractivity contribution in [3.05, 3.63) is 34.3 Å². The topological polar surface area (TPSA) is 17.1 Å². The van der Waals surface area contributed by atoms with Gasteiger partial charge in [-0.3, -0.25) is 4.79 Å². The van der Waals surface area contributed by atoms with E-state index in [0.717, 1.165) is 0 Å². The van der Waals surface area contributed by atoms with E-state index in [1.165, 1.54) is 6.07 Å². The number of carbonyl (C=O) groups excluding carboxylic acids is 1. The quantitative estimate of drug-likeness (QED) is 0.738. The van der Waals surface area contributed by atoms with Crippen molar-refractivity contribution in [2.24, 2.45) is 0 Å². The summed E-state index contributed by atoms with van der Waals surface area (Å²) in [6, 6.07) is 6.54. The summed E-state index contributed by atoms with van der Waals surface area (Å²) in [7, 11) is 0. The molecule has 0 N–H and O–H groups in total. The molecule has 64 valence electrons. The van der Waals surface area contributed by atoms with Crippen molar-refractivity contribution in [3.63, 3.8) is 0 Å². The molecule has 0 aliphatic rings. The molecule has 1 aromatic rings. The lowest BCUT2D eigenvalue weighted by Gasteiger charge is -2.04. The van der Waals surface area contributed by atoms with Crippen LogP contribution in [0.5, 0.6) is 0 Å². The second-order valence-electron chi connectivity index (χ2n) is 2.19. The van der Waals surface area contributed by atoms with Crippen molar-refractivity contribution in [3.8, 4) is 0 Å². The number of hydrogen-bond donors (Lipinski definition) is 0. The SMILES string of the molecule is O=C(Cl)C(F)c1ccccc1Br. The van der Waals surface area contributed by atoms with Gasteiger partial charge in [-0.15, -0.1) is 0 Å². The minimum absolute atomic E-state index is 0.262. The average Bonchev–Trinajstić information content (AvgIpc) is 2.04. The van der Waals surface area contributed by atoms with Crippen molar-refractivity contribution < 1.29 is 9.18 Å². The molecule has 0 amide bonds. The summed E-state index contributed by atoms with van der Waals surface area (Å²) in [4.78, 5) is 10.5. The molecule has 0 aliphatic carbocycles. The lowest BCUT2D eigenvalue weighted by molar-refractivity contribution is -0.116. The van der Waals surface area contributed by atoms with Crippen molar-refractivity contribution in [1.82, 2.24) is 0 Å². The molecule has 12 heavy (non-hydrogen) atoms. The minimum atomic E-state index is -1.75. The molecule has 1 atom stereocenters. The van der Waals surface area contributed by atoms with E-state index >= 15 is 0 Å². The van der Waals surface area contributed by atoms with Crippen LogP contribution in [0.15, 0.2) is 28.7 Å². The Morgan fingerprint density at radius 3 is 2.58 bits per heavy atom. The predicted octanol–water partition coefficient (Wildman–Crippen LogP) is 3.23. The van der Waals surface area contributed by atoms with E-state index in [1.807, 2.05) is 0 Å². The van der Waals surface area contributed by atoms with Crippen LogP contribution < -0.4 is 0 Å². The molecule has 0 aliphatic heterocycles. The Labute approximate surface area is 82.7 Å². The molecule has 0 saturated carbocycles. The van der Waals surface area contributed by atoms with Crippen LogP contribution in [0, 0.1) is 0 Å². The molecule has 1 rings (SSSR count). The van der Waals surface area contributed by atoms with Gasteiger partial charge in [0.25, 0.3) is 5.24 Å². The first-order chi connectivity index (χ1) is 5.63. The smallest absolute Gasteiger partial charge is 0.260 e. The zero-order valence-electron chi connectivity index (χ0n) is 5.93. The number of halogens is 3. The fourth-order valence-electron chi connectivity index (χ4n) is 0.803. The number of alkyl halides is 1. The highest BCUT2D eigenvalue weighted by molar-refractivity contribution is 9.10. The van der Waals surface area contributed by atoms with Crippen LogP contribution in [0.1, 0.15) is 11.7 Å². The van der Waals surface area contributed by atoms with Crippen LogP contribution in [0.25, 0.3) is 0 Å². The summed E-state index contributed by atoms with van der Waals surface area (Å²) in [5.41, 5.74) is 0.262. The Kier molecular flexibility index (Phi) is 3.23. The van der Waals surface area contributed by atoms with Crippen LogP contribution in [-0.2, 0) is 4.79 Å². The zero-order valence-corrected chi connectivity index (χ0v) is 8.27. The van der Waals surface area contributed by atoms with Crippen molar-refractivity contribution in [2.45, 2.75) is 6.17 Å². The first-order valence-corrected chi connectivity index (χ1v) is 4.38. The summed E-state index contributed by atoms with van der Waals surface area (Å²) in [6.45, 7) is 0. The molecule has 0 aromatic heterocycles. The largest absolute Gasteiger partial charge is 0.278 e. The molecule has 0 radical (unpaired) electrons. The summed E-state index contributed by atoms with van der Waals surface area (Å²) in [5, 5.41) is -0.998. The monoisotopic (exact) mass is 250 g/mol. The fourth-order valence-corrected chi connectivity index (χ4v) is 1.41. The maximum absolute atomic E-state index is 13.0. The van der Waals surface area contributed by atoms with Crippen LogP contribution in [-0.4, -0.2) is 5.24 Å². The van der Waals surface area contributed by atoms with Gasteiger partial charge in [-0.25, -0.2) is 4.39 Å². The second-order valence-corrected chi connectivity index (χ2v) is 3.42. The van der Waals surface area contributed by atoms with Gasteiger partial charge >= 0.3 is 0 Å². The lowest BCUT2D eigenvalue weighted by Crippen LogP contribution is -2.00. The maximum atomic E-state index is 13.0. The molecule has 0 fully saturated rings. The van der Waals surface area contributed by atoms with Crippen LogP contribution in [0.2, 0.25) is 0 Å². The average molecular weight is 251 g/mol. The van der Waals surface area contributed by atoms with E-state index < -0.39 is 11.4 Å². The summed E-state index contributed by atoms with van der Waals surface area (Å²) < 4.78 is 13.6. The fraction of sp³-hybridized carbons (Fsp3) is 0.125. The standard InChI is InChI=1S/C8H5BrClFO/c9-6-4-2-1-3-5(6)7(11)8(10)12/h1-4,7H. The Hall–Kier alpha value is -0.410. The zero-order chi connectivity index (χ0) is 9.14. The summed E-state index contributed by atoms with van der Waals surface area (Å²) in [6.07, 6.45) is -1.75. The number of hydrogen-bond acceptors (Lipinski definition) is 1. The van der Waals surface area contributed by atoms with Gasteiger partial charge in [-0.2, -0.15) is 0 Å². The molecule has 0 saturated heterocycles. The molecule has 0 bridgehead atoms. The molecule has 1 nitrogen and oxygen atoms in total. The Balaban J connectivity index is 3.02. The van der Waals surface area contributed by atoms with Crippen LogP contribution in [0.3, 0.4) is 0 Å². The van der Waals surface area contributed by atoms with E-state index in [2.05, 4.69) is 15.9 Å². The van der Waals surface area contributed by atoms with Gasteiger partial charge in [0.05, 0.1) is 0 Å². The maximum Gasteiger partial charge on any atom is 0.260 e. The van der Waals surface area contributed by atoms with Gasteiger partial charge in [0.2, 0.25) is 0 Å². The molecule has 4 heteroatoms. The van der Waals surface area contributed by atoms with Crippen LogP contribution in [0.4, 0.5) is 4.39 Å². The van der Waals surface area contributed by atoms with Crippen LogP contribution >= 0.6 is 27.5 Å². The van der Waals surface area contributed by atoms with E-state index in [0.29, 0.717) is 4.47 Å². The highest BCUT2D eigenvalue weighted by atomic mass is 79.9. The van der Waals surface area contributed by atoms with Gasteiger partial charge in [0.1, 0.15) is 0 Å². The third kappa shape index (κ3) is 2.05. The molecule has 0 heterocycles. The highest BCUT2D eigenvalue weighted by Gasteiger charge is 2.18. The highest BCUT2D eigenvalue weighted by Crippen LogP contribution is 2.27. The number of carbonyl (C=O) groups is 1. The van der Waals surface area contributed by atoms with Gasteiger partial charge in [-0.05, 0) is 17.7 Å². The molecule has 1 unspecified atom stereocenters. The van der Waals surface area contributed by atoms with E-state index in [1.54, 1.807) is 18.2 Å². The van der Waals surface area contributed by atoms with Gasteiger partial charge < -0.3 is 0 Å². The minimum Gasteiger partial charge on any atom is -0.278 e. The van der Waals surface area contributed by atoms with Gasteiger partial charge in [0.15, 0.2) is 6.17 Å². The van der Waals surface area contributed by atoms with E-state index in [9.17, 15) is 9.18 Å². The van der Waals surface area contributed by atoms with Crippen molar-refractivity contribution >= 4 is 32.8 Å². The van der Waals surface area contributed by atoms with Gasteiger partial charge in [-0.1, -0.05) is 34.1 Å². The Bertz CT molecular complexity index is 303. The first-order valence-electron chi connectivity index (χ1n) is 3.21. The normalized spacial score (nSPS) is 12.6. The Morgan fingerprint density at radius 1 is 1.50 bits per heavy atom. The molecular formula is C8H5BrClFO. The summed E-state index contributed by atoms with van der Waals surface area (Å²) in [5.74, 6) is 0. The number of benzene rings is 1. The number of rotatable bonds is 2. The summed E-state index contributed by atoms with van der Waals surface area (Å²) >= 11 is 8.11. The molecule has 0 spiro atoms. The Morgan fingerprint density at radius 2 is 2.08 bits per heavy atom. The third-order valence-corrected chi connectivity index (χ3v) is 2.29. The van der Waals surface area contributed by atoms with E-state index in [-0.39, 0.29) is 5.56 Å². The third-order valence-electron chi connectivity index (χ3n) is 1.38. The van der Waals surface area contributed by atoms with Gasteiger partial charge in [0, 0.05) is 10.0 Å². The second kappa shape index (κ2) is 4.01. The van der Waals surface area contributed by atoms with E-state index in [4.69, 9.17) is 11.6 Å². The lowest BCUT2D eigenvalue weighted by atomic mass is 10.1. The predicted molar refractivity (Wildman–Crippen MR) is 48.9 cm³/mol. The molecule has 1 aromatic carbocycles. The first kappa shape index (κ1) is 9.68. The van der Waals surface area contributed by atoms with Crippen molar-refractivity contribution in [2.75, 3.05) is 0 Å².